The van der Waals surface area contributed by atoms with Crippen LogP contribution in [0.1, 0.15) is 75.5 Å². The molecule has 3 atom stereocenters. The number of halogens is 1. The maximum Gasteiger partial charge on any atom is 0.142 e. The van der Waals surface area contributed by atoms with Gasteiger partial charge in [-0.3, -0.25) is 0 Å². The van der Waals surface area contributed by atoms with Gasteiger partial charge in [0.25, 0.3) is 0 Å². The van der Waals surface area contributed by atoms with Gasteiger partial charge in [-0.15, -0.1) is 0 Å². The summed E-state index contributed by atoms with van der Waals surface area (Å²) < 4.78 is 18.0. The van der Waals surface area contributed by atoms with Crippen LogP contribution in [0.5, 0.6) is 5.75 Å². The van der Waals surface area contributed by atoms with Crippen LogP contribution in [-0.2, 0) is 17.7 Å². The lowest BCUT2D eigenvalue weighted by Crippen LogP contribution is -2.30. The highest BCUT2D eigenvalue weighted by Crippen LogP contribution is 2.37. The molecule has 0 saturated heterocycles. The molecule has 1 aliphatic carbocycles. The Morgan fingerprint density at radius 3 is 2.77 bits per heavy atom. The third kappa shape index (κ3) is 7.98. The van der Waals surface area contributed by atoms with Crippen LogP contribution < -0.4 is 14.4 Å². The van der Waals surface area contributed by atoms with Gasteiger partial charge in [0.15, 0.2) is 0 Å². The standard InChI is InChI=1S/C33H48ClN3O2S/c1-7-9-27-19-29(34)15-16-30(27)28-21-36(4)31-18-25(14-17-32(31)39-22-28)20-35-40-37(5)24(3)13-12-23(2)33(38-6)26-10-8-11-26/h12,14-19,24,26,28,33,35H,7-11,13,20-22H2,1-6H3/b23-12+. The Balaban J connectivity index is 1.30. The second kappa shape index (κ2) is 15.0. The van der Waals surface area contributed by atoms with Crippen molar-refractivity contribution in [3.63, 3.8) is 0 Å². The zero-order valence-corrected chi connectivity index (χ0v) is 26.8. The molecular formula is C33H48ClN3O2S. The number of fused-ring (bicyclic) bond motifs is 1. The number of hydrogen-bond acceptors (Lipinski definition) is 6. The predicted molar refractivity (Wildman–Crippen MR) is 172 cm³/mol. The molecule has 1 saturated carbocycles. The van der Waals surface area contributed by atoms with Crippen molar-refractivity contribution < 1.29 is 9.47 Å². The van der Waals surface area contributed by atoms with Crippen molar-refractivity contribution in [2.24, 2.45) is 5.92 Å². The monoisotopic (exact) mass is 585 g/mol. The van der Waals surface area contributed by atoms with Crippen LogP contribution in [0.2, 0.25) is 5.02 Å². The molecule has 1 heterocycles. The number of nitrogens with zero attached hydrogens (tertiary/aromatic N) is 2. The van der Waals surface area contributed by atoms with Gasteiger partial charge in [-0.05, 0) is 99.0 Å². The lowest BCUT2D eigenvalue weighted by Gasteiger charge is -2.33. The average molecular weight is 586 g/mol. The third-order valence-corrected chi connectivity index (χ3v) is 9.76. The number of anilines is 1. The van der Waals surface area contributed by atoms with Crippen LogP contribution in [0.4, 0.5) is 5.69 Å². The van der Waals surface area contributed by atoms with E-state index in [0.29, 0.717) is 24.5 Å². The SMILES string of the molecule is CCCc1cc(Cl)ccc1C1COc2ccc(CNSN(C)C(C)C/C=C(\C)C(OC)C3CCC3)cc2N(C)C1. The van der Waals surface area contributed by atoms with Gasteiger partial charge >= 0.3 is 0 Å². The van der Waals surface area contributed by atoms with Crippen molar-refractivity contribution in [1.29, 1.82) is 0 Å². The average Bonchev–Trinajstić information content (AvgIpc) is 3.07. The van der Waals surface area contributed by atoms with Crippen molar-refractivity contribution >= 4 is 29.4 Å². The van der Waals surface area contributed by atoms with Gasteiger partial charge in [0.1, 0.15) is 5.75 Å². The van der Waals surface area contributed by atoms with Gasteiger partial charge in [0.05, 0.1) is 18.4 Å². The molecule has 0 spiro atoms. The van der Waals surface area contributed by atoms with Gasteiger partial charge in [-0.25, -0.2) is 9.03 Å². The van der Waals surface area contributed by atoms with Gasteiger partial charge in [-0.1, -0.05) is 49.6 Å². The molecule has 0 amide bonds. The number of hydrogen-bond donors (Lipinski definition) is 1. The van der Waals surface area contributed by atoms with E-state index in [4.69, 9.17) is 21.1 Å². The Hall–Kier alpha value is -1.70. The number of rotatable bonds is 13. The van der Waals surface area contributed by atoms with Gasteiger partial charge < -0.3 is 14.4 Å². The van der Waals surface area contributed by atoms with Gasteiger partial charge in [-0.2, -0.15) is 0 Å². The van der Waals surface area contributed by atoms with E-state index in [1.807, 2.05) is 13.2 Å². The van der Waals surface area contributed by atoms with E-state index in [1.165, 1.54) is 41.5 Å². The van der Waals surface area contributed by atoms with Crippen molar-refractivity contribution in [2.45, 2.75) is 83.9 Å². The Morgan fingerprint density at radius 1 is 1.27 bits per heavy atom. The molecule has 7 heteroatoms. The van der Waals surface area contributed by atoms with E-state index in [9.17, 15) is 0 Å². The molecule has 2 aliphatic rings. The molecule has 4 rings (SSSR count). The number of nitrogens with one attached hydrogen (secondary N) is 1. The van der Waals surface area contributed by atoms with Gasteiger partial charge in [0, 0.05) is 56.4 Å². The molecule has 2 aromatic rings. The maximum absolute atomic E-state index is 6.35. The summed E-state index contributed by atoms with van der Waals surface area (Å²) in [4.78, 5) is 2.34. The lowest BCUT2D eigenvalue weighted by molar-refractivity contribution is 0.0451. The first-order chi connectivity index (χ1) is 19.3. The lowest BCUT2D eigenvalue weighted by atomic mass is 9.78. The van der Waals surface area contributed by atoms with Crippen LogP contribution >= 0.6 is 23.7 Å². The highest BCUT2D eigenvalue weighted by Gasteiger charge is 2.28. The zero-order chi connectivity index (χ0) is 28.6. The molecule has 220 valence electrons. The number of likely N-dealkylation sites (N-methyl/N-ethyl adjacent to an activating group) is 1. The zero-order valence-electron chi connectivity index (χ0n) is 25.2. The van der Waals surface area contributed by atoms with E-state index in [2.05, 4.69) is 85.2 Å². The highest BCUT2D eigenvalue weighted by molar-refractivity contribution is 7.95. The minimum absolute atomic E-state index is 0.284. The Kier molecular flexibility index (Phi) is 11.7. The second-order valence-electron chi connectivity index (χ2n) is 11.6. The number of ether oxygens (including phenoxy) is 2. The van der Waals surface area contributed by atoms with Crippen molar-refractivity contribution in [3.8, 4) is 5.75 Å². The fourth-order valence-electron chi connectivity index (χ4n) is 5.83. The van der Waals surface area contributed by atoms with E-state index in [0.717, 1.165) is 48.8 Å². The molecule has 1 aliphatic heterocycles. The Morgan fingerprint density at radius 2 is 2.08 bits per heavy atom. The molecular weight excluding hydrogens is 538 g/mol. The highest BCUT2D eigenvalue weighted by atomic mass is 35.5. The Labute approximate surface area is 251 Å². The summed E-state index contributed by atoms with van der Waals surface area (Å²) in [5.74, 6) is 1.96. The Bertz CT molecular complexity index is 1140. The van der Waals surface area contributed by atoms with Crippen LogP contribution in [0.15, 0.2) is 48.0 Å². The number of methoxy groups -OCH3 is 1. The number of benzene rings is 2. The van der Waals surface area contributed by atoms with E-state index in [-0.39, 0.29) is 6.10 Å². The van der Waals surface area contributed by atoms with Crippen LogP contribution in [0, 0.1) is 5.92 Å². The molecule has 2 aromatic carbocycles. The smallest absolute Gasteiger partial charge is 0.142 e. The molecule has 1 N–H and O–H groups in total. The summed E-state index contributed by atoms with van der Waals surface area (Å²) in [5.41, 5.74) is 6.47. The van der Waals surface area contributed by atoms with Crippen LogP contribution in [-0.4, -0.2) is 50.8 Å². The molecule has 0 aromatic heterocycles. The fourth-order valence-corrected chi connectivity index (χ4v) is 6.73. The molecule has 3 unspecified atom stereocenters. The quantitative estimate of drug-likeness (QED) is 0.189. The topological polar surface area (TPSA) is 37.0 Å². The summed E-state index contributed by atoms with van der Waals surface area (Å²) in [6.07, 6.45) is 9.75. The predicted octanol–water partition coefficient (Wildman–Crippen LogP) is 8.03. The first-order valence-electron chi connectivity index (χ1n) is 14.9. The number of aryl methyl sites for hydroxylation is 1. The summed E-state index contributed by atoms with van der Waals surface area (Å²) in [7, 11) is 6.18. The van der Waals surface area contributed by atoms with Crippen molar-refractivity contribution in [3.05, 3.63) is 69.8 Å². The minimum Gasteiger partial charge on any atom is -0.491 e. The maximum atomic E-state index is 6.35. The molecule has 5 nitrogen and oxygen atoms in total. The molecule has 0 bridgehead atoms. The second-order valence-corrected chi connectivity index (χ2v) is 13.1. The van der Waals surface area contributed by atoms with Crippen molar-refractivity contribution in [2.75, 3.05) is 39.3 Å². The summed E-state index contributed by atoms with van der Waals surface area (Å²) >= 11 is 8.01. The van der Waals surface area contributed by atoms with Crippen LogP contribution in [0.25, 0.3) is 0 Å². The molecule has 1 fully saturated rings. The summed E-state index contributed by atoms with van der Waals surface area (Å²) in [6, 6.07) is 13.3. The van der Waals surface area contributed by atoms with Crippen molar-refractivity contribution in [1.82, 2.24) is 9.03 Å². The normalized spacial score (nSPS) is 19.6. The van der Waals surface area contributed by atoms with Crippen LogP contribution in [0.3, 0.4) is 0 Å². The summed E-state index contributed by atoms with van der Waals surface area (Å²) in [5, 5.41) is 0.809. The van der Waals surface area contributed by atoms with E-state index in [1.54, 1.807) is 12.1 Å². The first kappa shape index (κ1) is 31.2. The fraction of sp³-hybridized carbons (Fsp3) is 0.576. The summed E-state index contributed by atoms with van der Waals surface area (Å²) in [6.45, 7) is 9.09. The third-order valence-electron chi connectivity index (χ3n) is 8.60. The van der Waals surface area contributed by atoms with Gasteiger partial charge in [0.2, 0.25) is 0 Å². The molecule has 40 heavy (non-hydrogen) atoms. The first-order valence-corrected chi connectivity index (χ1v) is 16.0. The van der Waals surface area contributed by atoms with E-state index < -0.39 is 0 Å². The molecule has 0 radical (unpaired) electrons. The minimum atomic E-state index is 0.284. The largest absolute Gasteiger partial charge is 0.491 e. The van der Waals surface area contributed by atoms with E-state index >= 15 is 0 Å².